The molecule has 0 radical (unpaired) electrons. The molecule has 2 rings (SSSR count). The predicted octanol–water partition coefficient (Wildman–Crippen LogP) is 2.37. The predicted molar refractivity (Wildman–Crippen MR) is 88.4 cm³/mol. The third kappa shape index (κ3) is 4.32. The van der Waals surface area contributed by atoms with Crippen molar-refractivity contribution >= 4 is 15.7 Å². The van der Waals surface area contributed by atoms with Gasteiger partial charge in [-0.15, -0.1) is 0 Å². The van der Waals surface area contributed by atoms with E-state index in [0.29, 0.717) is 12.5 Å². The van der Waals surface area contributed by atoms with Crippen LogP contribution in [0.5, 0.6) is 0 Å². The molecule has 1 N–H and O–H groups in total. The molecule has 1 fully saturated rings. The molecule has 0 saturated heterocycles. The number of hydrogen-bond acceptors (Lipinski definition) is 3. The average Bonchev–Trinajstić information content (AvgIpc) is 3.23. The van der Waals surface area contributed by atoms with Crippen LogP contribution >= 0.6 is 0 Å². The number of rotatable bonds is 7. The standard InChI is InChI=1S/C17H25NO3S/c1-13(2)17(9-10-17)12-18-16(19)15(11-22(3,20)21)14-7-5-4-6-8-14/h4-8,13,15H,9-12H2,1-3H3,(H,18,19)/t15-/m1/s1. The zero-order chi connectivity index (χ0) is 16.4. The summed E-state index contributed by atoms with van der Waals surface area (Å²) in [5, 5.41) is 2.98. The lowest BCUT2D eigenvalue weighted by molar-refractivity contribution is -0.122. The molecule has 1 saturated carbocycles. The van der Waals surface area contributed by atoms with Gasteiger partial charge in [-0.25, -0.2) is 8.42 Å². The van der Waals surface area contributed by atoms with E-state index in [1.807, 2.05) is 30.3 Å². The van der Waals surface area contributed by atoms with E-state index in [4.69, 9.17) is 0 Å². The molecule has 1 atom stereocenters. The van der Waals surface area contributed by atoms with Crippen molar-refractivity contribution in [1.29, 1.82) is 0 Å². The second kappa shape index (κ2) is 6.41. The van der Waals surface area contributed by atoms with E-state index in [9.17, 15) is 13.2 Å². The summed E-state index contributed by atoms with van der Waals surface area (Å²) < 4.78 is 23.3. The van der Waals surface area contributed by atoms with Crippen molar-refractivity contribution in [3.8, 4) is 0 Å². The van der Waals surface area contributed by atoms with Crippen LogP contribution in [-0.4, -0.2) is 32.9 Å². The van der Waals surface area contributed by atoms with E-state index < -0.39 is 15.8 Å². The van der Waals surface area contributed by atoms with E-state index in [1.54, 1.807) is 0 Å². The first-order chi connectivity index (χ1) is 10.2. The molecular formula is C17H25NO3S. The summed E-state index contributed by atoms with van der Waals surface area (Å²) in [5.74, 6) is -0.460. The van der Waals surface area contributed by atoms with Crippen molar-refractivity contribution in [2.24, 2.45) is 11.3 Å². The Balaban J connectivity index is 2.10. The van der Waals surface area contributed by atoms with Crippen LogP contribution in [0, 0.1) is 11.3 Å². The zero-order valence-corrected chi connectivity index (χ0v) is 14.3. The van der Waals surface area contributed by atoms with Gasteiger partial charge in [0.05, 0.1) is 11.7 Å². The van der Waals surface area contributed by atoms with E-state index in [1.165, 1.54) is 6.26 Å². The minimum Gasteiger partial charge on any atom is -0.355 e. The largest absolute Gasteiger partial charge is 0.355 e. The Bertz CT molecular complexity index is 619. The van der Waals surface area contributed by atoms with Gasteiger partial charge in [-0.1, -0.05) is 44.2 Å². The number of carbonyl (C=O) groups is 1. The fourth-order valence-corrected chi connectivity index (χ4v) is 3.77. The van der Waals surface area contributed by atoms with E-state index >= 15 is 0 Å². The minimum absolute atomic E-state index is 0.155. The van der Waals surface area contributed by atoms with Gasteiger partial charge in [0.1, 0.15) is 9.84 Å². The van der Waals surface area contributed by atoms with Gasteiger partial charge in [0, 0.05) is 12.8 Å². The normalized spacial score (nSPS) is 18.0. The van der Waals surface area contributed by atoms with Crippen molar-refractivity contribution in [3.05, 3.63) is 35.9 Å². The lowest BCUT2D eigenvalue weighted by Gasteiger charge is -2.22. The monoisotopic (exact) mass is 323 g/mol. The third-order valence-electron chi connectivity index (χ3n) is 4.72. The summed E-state index contributed by atoms with van der Waals surface area (Å²) in [6, 6.07) is 9.13. The van der Waals surface area contributed by atoms with Gasteiger partial charge in [-0.3, -0.25) is 4.79 Å². The third-order valence-corrected chi connectivity index (χ3v) is 5.66. The number of carbonyl (C=O) groups excluding carboxylic acids is 1. The maximum Gasteiger partial charge on any atom is 0.228 e. The second-order valence-corrected chi connectivity index (χ2v) is 8.98. The van der Waals surface area contributed by atoms with Gasteiger partial charge in [0.25, 0.3) is 0 Å². The summed E-state index contributed by atoms with van der Waals surface area (Å²) in [6.07, 6.45) is 3.44. The van der Waals surface area contributed by atoms with Crippen LogP contribution in [0.3, 0.4) is 0 Å². The topological polar surface area (TPSA) is 63.2 Å². The summed E-state index contributed by atoms with van der Waals surface area (Å²) in [6.45, 7) is 4.98. The van der Waals surface area contributed by atoms with Crippen molar-refractivity contribution in [2.45, 2.75) is 32.6 Å². The van der Waals surface area contributed by atoms with Crippen LogP contribution in [0.1, 0.15) is 38.2 Å². The Hall–Kier alpha value is -1.36. The molecule has 5 heteroatoms. The SMILES string of the molecule is CC(C)C1(CNC(=O)[C@H](CS(C)(=O)=O)c2ccccc2)CC1. The highest BCUT2D eigenvalue weighted by Gasteiger charge is 2.45. The van der Waals surface area contributed by atoms with Crippen LogP contribution in [0.2, 0.25) is 0 Å². The molecule has 0 heterocycles. The lowest BCUT2D eigenvalue weighted by atomic mass is 9.92. The molecule has 1 aromatic carbocycles. The summed E-state index contributed by atoms with van der Waals surface area (Å²) in [5.41, 5.74) is 0.960. The van der Waals surface area contributed by atoms with Crippen LogP contribution in [0.25, 0.3) is 0 Å². The molecule has 1 aliphatic rings. The van der Waals surface area contributed by atoms with Crippen molar-refractivity contribution in [2.75, 3.05) is 18.6 Å². The molecule has 0 aromatic heterocycles. The molecular weight excluding hydrogens is 298 g/mol. The van der Waals surface area contributed by atoms with E-state index in [-0.39, 0.29) is 17.1 Å². The van der Waals surface area contributed by atoms with Gasteiger partial charge in [0.15, 0.2) is 0 Å². The number of benzene rings is 1. The molecule has 1 aromatic rings. The molecule has 122 valence electrons. The van der Waals surface area contributed by atoms with Crippen molar-refractivity contribution < 1.29 is 13.2 Å². The van der Waals surface area contributed by atoms with Crippen molar-refractivity contribution in [3.63, 3.8) is 0 Å². The number of nitrogens with one attached hydrogen (secondary N) is 1. The highest BCUT2D eigenvalue weighted by atomic mass is 32.2. The van der Waals surface area contributed by atoms with Gasteiger partial charge >= 0.3 is 0 Å². The summed E-state index contributed by atoms with van der Waals surface area (Å²) in [4.78, 5) is 12.5. The van der Waals surface area contributed by atoms with Crippen LogP contribution < -0.4 is 5.32 Å². The molecule has 0 aliphatic heterocycles. The molecule has 0 spiro atoms. The summed E-state index contributed by atoms with van der Waals surface area (Å²) in [7, 11) is -3.23. The van der Waals surface area contributed by atoms with Gasteiger partial charge in [-0.05, 0) is 29.7 Å². The number of amides is 1. The quantitative estimate of drug-likeness (QED) is 0.838. The molecule has 4 nitrogen and oxygen atoms in total. The Morgan fingerprint density at radius 2 is 1.82 bits per heavy atom. The maximum atomic E-state index is 12.5. The molecule has 22 heavy (non-hydrogen) atoms. The van der Waals surface area contributed by atoms with E-state index in [0.717, 1.165) is 18.4 Å². The van der Waals surface area contributed by atoms with Gasteiger partial charge in [-0.2, -0.15) is 0 Å². The number of sulfone groups is 1. The average molecular weight is 323 g/mol. The lowest BCUT2D eigenvalue weighted by Crippen LogP contribution is -2.37. The molecule has 1 aliphatic carbocycles. The Morgan fingerprint density at radius 3 is 2.27 bits per heavy atom. The first-order valence-electron chi connectivity index (χ1n) is 7.74. The Kier molecular flexibility index (Phi) is 4.95. The Morgan fingerprint density at radius 1 is 1.23 bits per heavy atom. The smallest absolute Gasteiger partial charge is 0.228 e. The first kappa shape index (κ1) is 17.0. The second-order valence-electron chi connectivity index (χ2n) is 6.79. The van der Waals surface area contributed by atoms with Crippen LogP contribution in [-0.2, 0) is 14.6 Å². The maximum absolute atomic E-state index is 12.5. The van der Waals surface area contributed by atoms with Crippen LogP contribution in [0.4, 0.5) is 0 Å². The summed E-state index contributed by atoms with van der Waals surface area (Å²) >= 11 is 0. The fourth-order valence-electron chi connectivity index (χ4n) is 2.82. The first-order valence-corrected chi connectivity index (χ1v) is 9.80. The highest BCUT2D eigenvalue weighted by molar-refractivity contribution is 7.90. The molecule has 0 bridgehead atoms. The van der Waals surface area contributed by atoms with Gasteiger partial charge in [0.2, 0.25) is 5.91 Å². The molecule has 1 amide bonds. The van der Waals surface area contributed by atoms with Crippen molar-refractivity contribution in [1.82, 2.24) is 5.32 Å². The van der Waals surface area contributed by atoms with E-state index in [2.05, 4.69) is 19.2 Å². The van der Waals surface area contributed by atoms with Gasteiger partial charge < -0.3 is 5.32 Å². The number of hydrogen-bond donors (Lipinski definition) is 1. The fraction of sp³-hybridized carbons (Fsp3) is 0.588. The molecule has 0 unspecified atom stereocenters. The van der Waals surface area contributed by atoms with Crippen LogP contribution in [0.15, 0.2) is 30.3 Å². The Labute approximate surface area is 133 Å². The minimum atomic E-state index is -3.23. The highest BCUT2D eigenvalue weighted by Crippen LogP contribution is 2.51. The zero-order valence-electron chi connectivity index (χ0n) is 13.5.